The van der Waals surface area contributed by atoms with Crippen molar-refractivity contribution in [3.63, 3.8) is 0 Å². The minimum Gasteiger partial charge on any atom is -0.321 e. The number of carbonyl (C=O) groups is 1. The van der Waals surface area contributed by atoms with Crippen LogP contribution in [0, 0.1) is 20.8 Å². The van der Waals surface area contributed by atoms with Crippen LogP contribution in [0.1, 0.15) is 27.2 Å². The highest BCUT2D eigenvalue weighted by atomic mass is 16.1. The van der Waals surface area contributed by atoms with E-state index in [0.717, 1.165) is 27.8 Å². The molecule has 0 bridgehead atoms. The number of nitrogens with one attached hydrogen (secondary N) is 1. The lowest BCUT2D eigenvalue weighted by molar-refractivity contribution is 0.102. The number of hydrogen-bond donors (Lipinski definition) is 1. The van der Waals surface area contributed by atoms with E-state index in [9.17, 15) is 4.79 Å². The molecule has 1 aromatic heterocycles. The fourth-order valence-electron chi connectivity index (χ4n) is 2.21. The maximum Gasteiger partial charge on any atom is 0.275 e. The first-order valence-electron chi connectivity index (χ1n) is 7.15. The van der Waals surface area contributed by atoms with Crippen molar-refractivity contribution in [3.8, 4) is 0 Å². The summed E-state index contributed by atoms with van der Waals surface area (Å²) in [5.41, 5.74) is 6.05. The first-order valence-corrected chi connectivity index (χ1v) is 7.15. The molecule has 1 amide bonds. The molecule has 0 unspecified atom stereocenters. The Bertz CT molecular complexity index is 854. The standard InChI is InChI=1S/C18H17N3O/c1-11-4-6-14(7-5-11)20-18(22)17-10-19-15-8-12(2)13(3)9-16(15)21-17/h4-10H,1-3H3,(H,20,22). The second-order valence-corrected chi connectivity index (χ2v) is 5.50. The van der Waals surface area contributed by atoms with Gasteiger partial charge in [0.1, 0.15) is 5.69 Å². The summed E-state index contributed by atoms with van der Waals surface area (Å²) in [7, 11) is 0. The molecule has 0 atom stereocenters. The summed E-state index contributed by atoms with van der Waals surface area (Å²) in [6, 6.07) is 11.6. The predicted octanol–water partition coefficient (Wildman–Crippen LogP) is 3.81. The SMILES string of the molecule is Cc1ccc(NC(=O)c2cnc3cc(C)c(C)cc3n2)cc1. The molecular weight excluding hydrogens is 274 g/mol. The number of aryl methyl sites for hydroxylation is 3. The first-order chi connectivity index (χ1) is 10.5. The van der Waals surface area contributed by atoms with Crippen molar-refractivity contribution < 1.29 is 4.79 Å². The van der Waals surface area contributed by atoms with Crippen LogP contribution in [-0.4, -0.2) is 15.9 Å². The highest BCUT2D eigenvalue weighted by Crippen LogP contribution is 2.17. The fourth-order valence-corrected chi connectivity index (χ4v) is 2.21. The summed E-state index contributed by atoms with van der Waals surface area (Å²) in [5.74, 6) is -0.253. The largest absolute Gasteiger partial charge is 0.321 e. The van der Waals surface area contributed by atoms with Crippen molar-refractivity contribution in [1.29, 1.82) is 0 Å². The molecule has 0 saturated carbocycles. The molecule has 0 saturated heterocycles. The Kier molecular flexibility index (Phi) is 3.59. The molecule has 4 heteroatoms. The van der Waals surface area contributed by atoms with E-state index in [4.69, 9.17) is 0 Å². The van der Waals surface area contributed by atoms with E-state index < -0.39 is 0 Å². The van der Waals surface area contributed by atoms with E-state index in [-0.39, 0.29) is 5.91 Å². The number of hydrogen-bond acceptors (Lipinski definition) is 3. The van der Waals surface area contributed by atoms with Gasteiger partial charge >= 0.3 is 0 Å². The van der Waals surface area contributed by atoms with Gasteiger partial charge in [0.25, 0.3) is 5.91 Å². The zero-order valence-electron chi connectivity index (χ0n) is 12.8. The van der Waals surface area contributed by atoms with Crippen LogP contribution in [0.3, 0.4) is 0 Å². The van der Waals surface area contributed by atoms with E-state index in [2.05, 4.69) is 15.3 Å². The number of nitrogens with zero attached hydrogens (tertiary/aromatic N) is 2. The van der Waals surface area contributed by atoms with Gasteiger partial charge in [0.15, 0.2) is 0 Å². The van der Waals surface area contributed by atoms with Crippen molar-refractivity contribution in [2.75, 3.05) is 5.32 Å². The summed E-state index contributed by atoms with van der Waals surface area (Å²) in [6.45, 7) is 6.06. The van der Waals surface area contributed by atoms with Crippen LogP contribution in [0.5, 0.6) is 0 Å². The second-order valence-electron chi connectivity index (χ2n) is 5.50. The molecule has 4 nitrogen and oxygen atoms in total. The van der Waals surface area contributed by atoms with Crippen molar-refractivity contribution in [2.24, 2.45) is 0 Å². The Labute approximate surface area is 129 Å². The molecule has 3 aromatic rings. The molecule has 2 aromatic carbocycles. The lowest BCUT2D eigenvalue weighted by Gasteiger charge is -2.07. The highest BCUT2D eigenvalue weighted by molar-refractivity contribution is 6.03. The number of aromatic nitrogens is 2. The Balaban J connectivity index is 1.90. The average molecular weight is 291 g/mol. The van der Waals surface area contributed by atoms with Gasteiger partial charge in [0.2, 0.25) is 0 Å². The van der Waals surface area contributed by atoms with Crippen LogP contribution in [0.4, 0.5) is 5.69 Å². The second kappa shape index (κ2) is 5.56. The fraction of sp³-hybridized carbons (Fsp3) is 0.167. The van der Waals surface area contributed by atoms with Gasteiger partial charge in [-0.25, -0.2) is 4.98 Å². The number of fused-ring (bicyclic) bond motifs is 1. The zero-order valence-corrected chi connectivity index (χ0v) is 12.8. The van der Waals surface area contributed by atoms with Crippen LogP contribution in [0.25, 0.3) is 11.0 Å². The van der Waals surface area contributed by atoms with Gasteiger partial charge in [-0.2, -0.15) is 0 Å². The molecule has 0 fully saturated rings. The molecular formula is C18H17N3O. The van der Waals surface area contributed by atoms with Crippen molar-refractivity contribution in [1.82, 2.24) is 9.97 Å². The summed E-state index contributed by atoms with van der Waals surface area (Å²) in [5, 5.41) is 2.83. The van der Waals surface area contributed by atoms with E-state index in [1.807, 2.05) is 57.2 Å². The number of rotatable bonds is 2. The quantitative estimate of drug-likeness (QED) is 0.781. The van der Waals surface area contributed by atoms with E-state index in [1.165, 1.54) is 11.8 Å². The maximum absolute atomic E-state index is 12.3. The Morgan fingerprint density at radius 1 is 0.955 bits per heavy atom. The third-order valence-electron chi connectivity index (χ3n) is 3.70. The van der Waals surface area contributed by atoms with Crippen molar-refractivity contribution in [3.05, 3.63) is 65.0 Å². The maximum atomic E-state index is 12.3. The van der Waals surface area contributed by atoms with Crippen LogP contribution in [-0.2, 0) is 0 Å². The number of benzene rings is 2. The summed E-state index contributed by atoms with van der Waals surface area (Å²) >= 11 is 0. The lowest BCUT2D eigenvalue weighted by atomic mass is 10.1. The normalized spacial score (nSPS) is 10.7. The number of amides is 1. The number of carbonyl (C=O) groups excluding carboxylic acids is 1. The van der Waals surface area contributed by atoms with Gasteiger partial charge in [-0.15, -0.1) is 0 Å². The molecule has 1 heterocycles. The molecule has 22 heavy (non-hydrogen) atoms. The summed E-state index contributed by atoms with van der Waals surface area (Å²) in [4.78, 5) is 21.0. The van der Waals surface area contributed by atoms with E-state index in [1.54, 1.807) is 0 Å². The third kappa shape index (κ3) is 2.81. The van der Waals surface area contributed by atoms with Gasteiger partial charge in [-0.1, -0.05) is 17.7 Å². The van der Waals surface area contributed by atoms with Gasteiger partial charge in [-0.05, 0) is 56.2 Å². The molecule has 0 aliphatic rings. The monoisotopic (exact) mass is 291 g/mol. The number of anilines is 1. The highest BCUT2D eigenvalue weighted by Gasteiger charge is 2.10. The average Bonchev–Trinajstić information content (AvgIpc) is 2.50. The topological polar surface area (TPSA) is 54.9 Å². The van der Waals surface area contributed by atoms with Crippen LogP contribution in [0.15, 0.2) is 42.6 Å². The predicted molar refractivity (Wildman–Crippen MR) is 88.1 cm³/mol. The molecule has 0 aliphatic carbocycles. The van der Waals surface area contributed by atoms with Gasteiger partial charge < -0.3 is 5.32 Å². The minimum absolute atomic E-state index is 0.253. The molecule has 1 N–H and O–H groups in total. The Morgan fingerprint density at radius 2 is 1.59 bits per heavy atom. The summed E-state index contributed by atoms with van der Waals surface area (Å²) < 4.78 is 0. The molecule has 3 rings (SSSR count). The van der Waals surface area contributed by atoms with E-state index >= 15 is 0 Å². The Hall–Kier alpha value is -2.75. The van der Waals surface area contributed by atoms with Gasteiger partial charge in [0, 0.05) is 5.69 Å². The lowest BCUT2D eigenvalue weighted by Crippen LogP contribution is -2.14. The zero-order chi connectivity index (χ0) is 15.7. The molecule has 0 spiro atoms. The molecule has 0 aliphatic heterocycles. The Morgan fingerprint density at radius 3 is 2.27 bits per heavy atom. The first kappa shape index (κ1) is 14.2. The van der Waals surface area contributed by atoms with Crippen LogP contribution >= 0.6 is 0 Å². The van der Waals surface area contributed by atoms with Crippen molar-refractivity contribution >= 4 is 22.6 Å². The van der Waals surface area contributed by atoms with Gasteiger partial charge in [-0.3, -0.25) is 9.78 Å². The third-order valence-corrected chi connectivity index (χ3v) is 3.70. The smallest absolute Gasteiger partial charge is 0.275 e. The van der Waals surface area contributed by atoms with Crippen LogP contribution < -0.4 is 5.32 Å². The molecule has 0 radical (unpaired) electrons. The summed E-state index contributed by atoms with van der Waals surface area (Å²) in [6.07, 6.45) is 1.51. The van der Waals surface area contributed by atoms with Crippen molar-refractivity contribution in [2.45, 2.75) is 20.8 Å². The van der Waals surface area contributed by atoms with Crippen LogP contribution in [0.2, 0.25) is 0 Å². The van der Waals surface area contributed by atoms with E-state index in [0.29, 0.717) is 5.69 Å². The molecule has 110 valence electrons. The van der Waals surface area contributed by atoms with Gasteiger partial charge in [0.05, 0.1) is 17.2 Å². The minimum atomic E-state index is -0.253.